The fraction of sp³-hybridized carbons (Fsp3) is 0.136. The number of benzene rings is 2. The lowest BCUT2D eigenvalue weighted by molar-refractivity contribution is -0.116. The molecule has 0 saturated heterocycles. The van der Waals surface area contributed by atoms with Crippen molar-refractivity contribution in [3.8, 4) is 16.9 Å². The van der Waals surface area contributed by atoms with Crippen LogP contribution in [-0.4, -0.2) is 18.0 Å². The Kier molecular flexibility index (Phi) is 5.39. The van der Waals surface area contributed by atoms with E-state index in [0.29, 0.717) is 22.9 Å². The molecule has 0 aliphatic rings. The Labute approximate surface area is 170 Å². The van der Waals surface area contributed by atoms with E-state index in [0.717, 1.165) is 22.1 Å². The third-order valence-electron chi connectivity index (χ3n) is 4.53. The van der Waals surface area contributed by atoms with Crippen molar-refractivity contribution in [3.05, 3.63) is 76.1 Å². The highest BCUT2D eigenvalue weighted by Crippen LogP contribution is 2.32. The summed E-state index contributed by atoms with van der Waals surface area (Å²) >= 11 is 1.37. The Bertz CT molecular complexity index is 1200. The molecule has 0 spiro atoms. The van der Waals surface area contributed by atoms with Crippen molar-refractivity contribution < 1.29 is 13.9 Å². The molecule has 2 heterocycles. The van der Waals surface area contributed by atoms with Crippen molar-refractivity contribution in [2.24, 2.45) is 0 Å². The molecule has 1 N–H and O–H groups in total. The SMILES string of the molecule is COc1cc2oc(=O)cc(-c3ccccc3)c2cc1CCC(=O)Nc1nccs1. The first kappa shape index (κ1) is 18.9. The van der Waals surface area contributed by atoms with Crippen LogP contribution in [0.5, 0.6) is 5.75 Å². The third kappa shape index (κ3) is 4.20. The maximum absolute atomic E-state index is 12.2. The lowest BCUT2D eigenvalue weighted by Gasteiger charge is -2.12. The van der Waals surface area contributed by atoms with Gasteiger partial charge in [0.05, 0.1) is 7.11 Å². The predicted molar refractivity (Wildman–Crippen MR) is 114 cm³/mol. The number of carbonyl (C=O) groups is 1. The van der Waals surface area contributed by atoms with Gasteiger partial charge in [0.2, 0.25) is 5.91 Å². The minimum Gasteiger partial charge on any atom is -0.496 e. The zero-order valence-electron chi connectivity index (χ0n) is 15.7. The highest BCUT2D eigenvalue weighted by Gasteiger charge is 2.14. The molecule has 0 fully saturated rings. The van der Waals surface area contributed by atoms with Crippen molar-refractivity contribution in [1.29, 1.82) is 0 Å². The highest BCUT2D eigenvalue weighted by atomic mass is 32.1. The maximum Gasteiger partial charge on any atom is 0.336 e. The molecule has 2 aromatic heterocycles. The summed E-state index contributed by atoms with van der Waals surface area (Å²) in [5.74, 6) is 0.456. The molecule has 0 aliphatic carbocycles. The topological polar surface area (TPSA) is 81.4 Å². The Morgan fingerprint density at radius 3 is 2.76 bits per heavy atom. The Hall–Kier alpha value is -3.45. The Morgan fingerprint density at radius 1 is 1.21 bits per heavy atom. The molecule has 1 amide bonds. The summed E-state index contributed by atoms with van der Waals surface area (Å²) in [7, 11) is 1.56. The molecular formula is C22H18N2O4S. The molecular weight excluding hydrogens is 388 g/mol. The van der Waals surface area contributed by atoms with E-state index in [1.165, 1.54) is 17.4 Å². The van der Waals surface area contributed by atoms with Gasteiger partial charge in [-0.15, -0.1) is 11.3 Å². The molecule has 0 atom stereocenters. The molecule has 4 rings (SSSR count). The highest BCUT2D eigenvalue weighted by molar-refractivity contribution is 7.13. The van der Waals surface area contributed by atoms with Crippen molar-refractivity contribution in [3.63, 3.8) is 0 Å². The van der Waals surface area contributed by atoms with Crippen LogP contribution in [-0.2, 0) is 11.2 Å². The number of thiazole rings is 1. The average molecular weight is 406 g/mol. The molecule has 2 aromatic carbocycles. The second-order valence-electron chi connectivity index (χ2n) is 6.39. The van der Waals surface area contributed by atoms with Crippen LogP contribution >= 0.6 is 11.3 Å². The van der Waals surface area contributed by atoms with Crippen molar-refractivity contribution in [2.75, 3.05) is 12.4 Å². The summed E-state index contributed by atoms with van der Waals surface area (Å²) in [6.07, 6.45) is 2.40. The number of aryl methyl sites for hydroxylation is 1. The van der Waals surface area contributed by atoms with Crippen LogP contribution in [0.1, 0.15) is 12.0 Å². The summed E-state index contributed by atoms with van der Waals surface area (Å²) in [5, 5.41) is 5.96. The smallest absolute Gasteiger partial charge is 0.336 e. The molecule has 29 heavy (non-hydrogen) atoms. The van der Waals surface area contributed by atoms with Gasteiger partial charge >= 0.3 is 5.63 Å². The van der Waals surface area contributed by atoms with Crippen molar-refractivity contribution >= 4 is 33.3 Å². The molecule has 0 saturated carbocycles. The molecule has 7 heteroatoms. The van der Waals surface area contributed by atoms with E-state index in [1.54, 1.807) is 24.8 Å². The van der Waals surface area contributed by atoms with Gasteiger partial charge in [-0.05, 0) is 29.2 Å². The van der Waals surface area contributed by atoms with E-state index < -0.39 is 5.63 Å². The number of rotatable bonds is 6. The Balaban J connectivity index is 1.69. The number of methoxy groups -OCH3 is 1. The van der Waals surface area contributed by atoms with Gasteiger partial charge in [0.15, 0.2) is 5.13 Å². The van der Waals surface area contributed by atoms with Crippen LogP contribution < -0.4 is 15.7 Å². The number of aromatic nitrogens is 1. The molecule has 0 bridgehead atoms. The first-order valence-corrected chi connectivity index (χ1v) is 9.91. The second-order valence-corrected chi connectivity index (χ2v) is 7.29. The summed E-state index contributed by atoms with van der Waals surface area (Å²) in [6, 6.07) is 14.8. The van der Waals surface area contributed by atoms with Crippen LogP contribution in [0.3, 0.4) is 0 Å². The molecule has 4 aromatic rings. The van der Waals surface area contributed by atoms with E-state index in [1.807, 2.05) is 36.4 Å². The number of carbonyl (C=O) groups excluding carboxylic acids is 1. The van der Waals surface area contributed by atoms with Gasteiger partial charge in [-0.1, -0.05) is 30.3 Å². The number of hydrogen-bond donors (Lipinski definition) is 1. The van der Waals surface area contributed by atoms with Crippen LogP contribution in [0, 0.1) is 0 Å². The van der Waals surface area contributed by atoms with Crippen LogP contribution in [0.2, 0.25) is 0 Å². The average Bonchev–Trinajstić information content (AvgIpc) is 3.24. The predicted octanol–water partition coefficient (Wildman–Crippen LogP) is 4.50. The monoisotopic (exact) mass is 406 g/mol. The van der Waals surface area contributed by atoms with E-state index >= 15 is 0 Å². The van der Waals surface area contributed by atoms with Gasteiger partial charge in [-0.3, -0.25) is 4.79 Å². The van der Waals surface area contributed by atoms with Crippen LogP contribution in [0.25, 0.3) is 22.1 Å². The normalized spacial score (nSPS) is 10.8. The fourth-order valence-electron chi connectivity index (χ4n) is 3.19. The minimum absolute atomic E-state index is 0.120. The number of hydrogen-bond acceptors (Lipinski definition) is 6. The second kappa shape index (κ2) is 8.28. The lowest BCUT2D eigenvalue weighted by atomic mass is 9.98. The van der Waals surface area contributed by atoms with Crippen LogP contribution in [0.4, 0.5) is 5.13 Å². The third-order valence-corrected chi connectivity index (χ3v) is 5.22. The standard InChI is InChI=1S/C22H18N2O4S/c1-27-18-13-19-17(16(12-21(26)28-19)14-5-3-2-4-6-14)11-15(18)7-8-20(25)24-22-23-9-10-29-22/h2-6,9-13H,7-8H2,1H3,(H,23,24,25). The summed E-state index contributed by atoms with van der Waals surface area (Å²) < 4.78 is 10.9. The van der Waals surface area contributed by atoms with Gasteiger partial charge in [-0.25, -0.2) is 9.78 Å². The van der Waals surface area contributed by atoms with E-state index in [-0.39, 0.29) is 12.3 Å². The molecule has 6 nitrogen and oxygen atoms in total. The minimum atomic E-state index is -0.422. The van der Waals surface area contributed by atoms with E-state index in [4.69, 9.17) is 9.15 Å². The lowest BCUT2D eigenvalue weighted by Crippen LogP contribution is -2.12. The zero-order valence-corrected chi connectivity index (χ0v) is 16.5. The van der Waals surface area contributed by atoms with Crippen LogP contribution in [0.15, 0.2) is 69.3 Å². The first-order chi connectivity index (χ1) is 14.1. The number of nitrogens with zero attached hydrogens (tertiary/aromatic N) is 1. The van der Waals surface area contributed by atoms with Crippen molar-refractivity contribution in [2.45, 2.75) is 12.8 Å². The van der Waals surface area contributed by atoms with E-state index in [9.17, 15) is 9.59 Å². The summed E-state index contributed by atoms with van der Waals surface area (Å²) in [6.45, 7) is 0. The number of fused-ring (bicyclic) bond motifs is 1. The zero-order chi connectivity index (χ0) is 20.2. The molecule has 0 radical (unpaired) electrons. The molecule has 0 unspecified atom stereocenters. The van der Waals surface area contributed by atoms with Gasteiger partial charge in [0.1, 0.15) is 11.3 Å². The molecule has 0 aliphatic heterocycles. The summed E-state index contributed by atoms with van der Waals surface area (Å²) in [4.78, 5) is 28.4. The van der Waals surface area contributed by atoms with Crippen molar-refractivity contribution in [1.82, 2.24) is 4.98 Å². The number of amides is 1. The van der Waals surface area contributed by atoms with Gasteiger partial charge in [0, 0.05) is 35.5 Å². The summed E-state index contributed by atoms with van der Waals surface area (Å²) in [5.41, 5.74) is 2.59. The quantitative estimate of drug-likeness (QED) is 0.477. The number of anilines is 1. The number of nitrogens with one attached hydrogen (secondary N) is 1. The molecule has 146 valence electrons. The maximum atomic E-state index is 12.2. The fourth-order valence-corrected chi connectivity index (χ4v) is 3.74. The number of ether oxygens (including phenoxy) is 1. The van der Waals surface area contributed by atoms with Gasteiger partial charge < -0.3 is 14.5 Å². The first-order valence-electron chi connectivity index (χ1n) is 9.03. The Morgan fingerprint density at radius 2 is 2.03 bits per heavy atom. The van der Waals surface area contributed by atoms with Gasteiger partial charge in [0.25, 0.3) is 0 Å². The van der Waals surface area contributed by atoms with E-state index in [2.05, 4.69) is 10.3 Å². The van der Waals surface area contributed by atoms with Gasteiger partial charge in [-0.2, -0.15) is 0 Å². The largest absolute Gasteiger partial charge is 0.496 e.